The van der Waals surface area contributed by atoms with E-state index in [0.29, 0.717) is 10.6 Å². The zero-order valence-electron chi connectivity index (χ0n) is 14.2. The number of fused-ring (bicyclic) bond motifs is 1. The monoisotopic (exact) mass is 343 g/mol. The highest BCUT2D eigenvalue weighted by Crippen LogP contribution is 2.26. The maximum atomic E-state index is 12.6. The van der Waals surface area contributed by atoms with Gasteiger partial charge in [-0.2, -0.15) is 0 Å². The van der Waals surface area contributed by atoms with Gasteiger partial charge < -0.3 is 0 Å². The number of hydrogen-bond acceptors (Lipinski definition) is 2. The van der Waals surface area contributed by atoms with Crippen molar-refractivity contribution in [1.29, 1.82) is 0 Å². The van der Waals surface area contributed by atoms with Crippen LogP contribution in [0.25, 0.3) is 0 Å². The van der Waals surface area contributed by atoms with Gasteiger partial charge in [-0.3, -0.25) is 4.72 Å². The first-order chi connectivity index (χ1) is 11.6. The predicted molar refractivity (Wildman–Crippen MR) is 98.9 cm³/mol. The van der Waals surface area contributed by atoms with Crippen molar-refractivity contribution in [1.82, 2.24) is 0 Å². The van der Waals surface area contributed by atoms with Gasteiger partial charge in [0.1, 0.15) is 0 Å². The summed E-state index contributed by atoms with van der Waals surface area (Å²) >= 11 is 0. The molecule has 0 aliphatic heterocycles. The van der Waals surface area contributed by atoms with Gasteiger partial charge in [0.25, 0.3) is 10.0 Å². The lowest BCUT2D eigenvalue weighted by molar-refractivity contribution is 0.601. The second-order valence-corrected chi connectivity index (χ2v) is 8.23. The van der Waals surface area contributed by atoms with Crippen LogP contribution in [0.1, 0.15) is 49.3 Å². The lowest BCUT2D eigenvalue weighted by atomic mass is 10.1. The standard InChI is InChI=1S/C20H25NO2S/c1-2-3-4-6-16-9-13-20(14-10-16)24(22,23)21-19-12-11-17-7-5-8-18(17)15-19/h9-15,21H,2-8H2,1H3. The minimum atomic E-state index is -3.52. The molecule has 0 saturated carbocycles. The van der Waals surface area contributed by atoms with Crippen molar-refractivity contribution in [2.45, 2.75) is 56.8 Å². The summed E-state index contributed by atoms with van der Waals surface area (Å²) in [6.45, 7) is 2.18. The second-order valence-electron chi connectivity index (χ2n) is 6.54. The molecule has 2 aromatic carbocycles. The van der Waals surface area contributed by atoms with Crippen LogP contribution in [0.2, 0.25) is 0 Å². The lowest BCUT2D eigenvalue weighted by Gasteiger charge is -2.10. The van der Waals surface area contributed by atoms with E-state index < -0.39 is 10.0 Å². The summed E-state index contributed by atoms with van der Waals surface area (Å²) in [7, 11) is -3.52. The van der Waals surface area contributed by atoms with Gasteiger partial charge in [-0.1, -0.05) is 38.0 Å². The van der Waals surface area contributed by atoms with Crippen LogP contribution in [0, 0.1) is 0 Å². The number of nitrogens with one attached hydrogen (secondary N) is 1. The number of benzene rings is 2. The summed E-state index contributed by atoms with van der Waals surface area (Å²) < 4.78 is 27.8. The van der Waals surface area contributed by atoms with Gasteiger partial charge in [-0.25, -0.2) is 8.42 Å². The van der Waals surface area contributed by atoms with Crippen LogP contribution in [-0.2, 0) is 29.3 Å². The van der Waals surface area contributed by atoms with E-state index in [0.717, 1.165) is 32.1 Å². The fourth-order valence-electron chi connectivity index (χ4n) is 3.26. The zero-order chi connectivity index (χ0) is 17.0. The lowest BCUT2D eigenvalue weighted by Crippen LogP contribution is -2.13. The van der Waals surface area contributed by atoms with Crippen LogP contribution < -0.4 is 4.72 Å². The molecule has 0 amide bonds. The number of anilines is 1. The molecule has 1 aliphatic rings. The van der Waals surface area contributed by atoms with Crippen molar-refractivity contribution in [3.8, 4) is 0 Å². The first kappa shape index (κ1) is 17.0. The maximum Gasteiger partial charge on any atom is 0.261 e. The van der Waals surface area contributed by atoms with E-state index in [9.17, 15) is 8.42 Å². The molecular weight excluding hydrogens is 318 g/mol. The molecule has 0 saturated heterocycles. The number of sulfonamides is 1. The Morgan fingerprint density at radius 1 is 0.958 bits per heavy atom. The molecular formula is C20H25NO2S. The minimum absolute atomic E-state index is 0.322. The molecule has 3 nitrogen and oxygen atoms in total. The van der Waals surface area contributed by atoms with Crippen LogP contribution in [0.3, 0.4) is 0 Å². The van der Waals surface area contributed by atoms with Crippen LogP contribution in [0.5, 0.6) is 0 Å². The fourth-order valence-corrected chi connectivity index (χ4v) is 4.31. The number of aryl methyl sites for hydroxylation is 3. The highest BCUT2D eigenvalue weighted by Gasteiger charge is 2.16. The van der Waals surface area contributed by atoms with E-state index in [1.165, 1.54) is 29.5 Å². The molecule has 0 heterocycles. The summed E-state index contributed by atoms with van der Waals surface area (Å²) in [5, 5.41) is 0. The molecule has 128 valence electrons. The normalized spacial score (nSPS) is 13.7. The molecule has 0 atom stereocenters. The first-order valence-electron chi connectivity index (χ1n) is 8.82. The summed E-state index contributed by atoms with van der Waals surface area (Å²) in [6, 6.07) is 13.1. The van der Waals surface area contributed by atoms with Gasteiger partial charge in [0.15, 0.2) is 0 Å². The van der Waals surface area contributed by atoms with Gasteiger partial charge >= 0.3 is 0 Å². The van der Waals surface area contributed by atoms with Gasteiger partial charge in [-0.15, -0.1) is 0 Å². The Bertz CT molecular complexity index is 795. The molecule has 24 heavy (non-hydrogen) atoms. The summed E-state index contributed by atoms with van der Waals surface area (Å²) in [5.41, 5.74) is 4.46. The third-order valence-electron chi connectivity index (χ3n) is 4.65. The molecule has 3 rings (SSSR count). The Morgan fingerprint density at radius 2 is 1.71 bits per heavy atom. The van der Waals surface area contributed by atoms with Gasteiger partial charge in [0, 0.05) is 5.69 Å². The number of unbranched alkanes of at least 4 members (excludes halogenated alkanes) is 2. The maximum absolute atomic E-state index is 12.6. The average Bonchev–Trinajstić information content (AvgIpc) is 3.03. The summed E-state index contributed by atoms with van der Waals surface area (Å²) in [4.78, 5) is 0.322. The Hall–Kier alpha value is -1.81. The van der Waals surface area contributed by atoms with E-state index in [2.05, 4.69) is 11.6 Å². The summed E-state index contributed by atoms with van der Waals surface area (Å²) in [5.74, 6) is 0. The zero-order valence-corrected chi connectivity index (χ0v) is 15.0. The van der Waals surface area contributed by atoms with Crippen molar-refractivity contribution in [3.63, 3.8) is 0 Å². The third-order valence-corrected chi connectivity index (χ3v) is 6.05. The molecule has 0 bridgehead atoms. The number of hydrogen-bond donors (Lipinski definition) is 1. The minimum Gasteiger partial charge on any atom is -0.280 e. The van der Waals surface area contributed by atoms with Crippen molar-refractivity contribution in [3.05, 3.63) is 59.2 Å². The van der Waals surface area contributed by atoms with E-state index >= 15 is 0 Å². The Kier molecular flexibility index (Phi) is 5.24. The molecule has 4 heteroatoms. The quantitative estimate of drug-likeness (QED) is 0.740. The predicted octanol–water partition coefficient (Wildman–Crippen LogP) is 4.71. The van der Waals surface area contributed by atoms with E-state index in [1.807, 2.05) is 30.3 Å². The van der Waals surface area contributed by atoms with Crippen LogP contribution in [-0.4, -0.2) is 8.42 Å². The smallest absolute Gasteiger partial charge is 0.261 e. The molecule has 1 aliphatic carbocycles. The molecule has 1 N–H and O–H groups in total. The Labute approximate surface area is 145 Å². The van der Waals surface area contributed by atoms with Crippen LogP contribution in [0.4, 0.5) is 5.69 Å². The van der Waals surface area contributed by atoms with Gasteiger partial charge in [0.05, 0.1) is 4.90 Å². The Morgan fingerprint density at radius 3 is 2.46 bits per heavy atom. The van der Waals surface area contributed by atoms with Crippen molar-refractivity contribution < 1.29 is 8.42 Å². The summed E-state index contributed by atoms with van der Waals surface area (Å²) in [6.07, 6.45) is 7.85. The van der Waals surface area contributed by atoms with Crippen molar-refractivity contribution >= 4 is 15.7 Å². The third kappa shape index (κ3) is 3.99. The van der Waals surface area contributed by atoms with Gasteiger partial charge in [-0.05, 0) is 73.1 Å². The average molecular weight is 343 g/mol. The number of rotatable bonds is 7. The van der Waals surface area contributed by atoms with Crippen LogP contribution >= 0.6 is 0 Å². The molecule has 0 fully saturated rings. The Balaban J connectivity index is 1.71. The molecule has 0 radical (unpaired) electrons. The molecule has 0 spiro atoms. The van der Waals surface area contributed by atoms with Crippen molar-refractivity contribution in [2.24, 2.45) is 0 Å². The van der Waals surface area contributed by atoms with E-state index in [4.69, 9.17) is 0 Å². The highest BCUT2D eigenvalue weighted by atomic mass is 32.2. The molecule has 0 unspecified atom stereocenters. The molecule has 0 aromatic heterocycles. The van der Waals surface area contributed by atoms with Gasteiger partial charge in [0.2, 0.25) is 0 Å². The van der Waals surface area contributed by atoms with E-state index in [-0.39, 0.29) is 0 Å². The second kappa shape index (κ2) is 7.39. The molecule has 2 aromatic rings. The van der Waals surface area contributed by atoms with Crippen LogP contribution in [0.15, 0.2) is 47.4 Å². The first-order valence-corrected chi connectivity index (χ1v) is 10.3. The van der Waals surface area contributed by atoms with Crippen molar-refractivity contribution in [2.75, 3.05) is 4.72 Å². The fraction of sp³-hybridized carbons (Fsp3) is 0.400. The largest absolute Gasteiger partial charge is 0.280 e. The highest BCUT2D eigenvalue weighted by molar-refractivity contribution is 7.92. The van der Waals surface area contributed by atoms with E-state index in [1.54, 1.807) is 12.1 Å². The SMILES string of the molecule is CCCCCc1ccc(S(=O)(=O)Nc2ccc3c(c2)CCC3)cc1. The topological polar surface area (TPSA) is 46.2 Å².